The lowest BCUT2D eigenvalue weighted by molar-refractivity contribution is -0.384. The van der Waals surface area contributed by atoms with E-state index in [0.717, 1.165) is 150 Å². The fraction of sp³-hybridized carbons (Fsp3) is 0.180. The molecular formula is C100H79Br2ClN12O15. The molecule has 0 bridgehead atoms. The normalized spacial score (nSPS) is 12.0. The average molecular weight is 1880 g/mol. The number of unbranched alkanes of at least 4 members (excludes halogenated alkanes) is 8. The number of nitrogens with one attached hydrogen (secondary N) is 1. The largest absolute Gasteiger partial charge is 0.392 e. The van der Waals surface area contributed by atoms with Gasteiger partial charge >= 0.3 is 11.9 Å². The van der Waals surface area contributed by atoms with Crippen LogP contribution in [0.3, 0.4) is 0 Å². The molecule has 4 N–H and O–H groups in total. The molecule has 0 fully saturated rings. The molecule has 7 aromatic heterocycles. The maximum absolute atomic E-state index is 13.7. The molecule has 0 spiro atoms. The van der Waals surface area contributed by atoms with Gasteiger partial charge in [-0.2, -0.15) is 0 Å². The number of rotatable bonds is 22. The summed E-state index contributed by atoms with van der Waals surface area (Å²) in [6.07, 6.45) is 12.4. The summed E-state index contributed by atoms with van der Waals surface area (Å²) in [7, 11) is 0. The minimum absolute atomic E-state index is 0. The Bertz CT molecular complexity index is 8260. The molecule has 30 heteroatoms. The Balaban J connectivity index is 0.000000134. The summed E-state index contributed by atoms with van der Waals surface area (Å²) in [6.45, 7) is 2.99. The first-order valence-corrected chi connectivity index (χ1v) is 43.9. The van der Waals surface area contributed by atoms with Gasteiger partial charge in [0.05, 0.1) is 77.5 Å². The summed E-state index contributed by atoms with van der Waals surface area (Å²) < 4.78 is 12.7. The summed E-state index contributed by atoms with van der Waals surface area (Å²) >= 11 is 13.0. The third-order valence-corrected chi connectivity index (χ3v) is 25.9. The Labute approximate surface area is 759 Å². The van der Waals surface area contributed by atoms with Crippen molar-refractivity contribution in [1.82, 2.24) is 38.0 Å². The lowest BCUT2D eigenvalue weighted by atomic mass is 9.95. The van der Waals surface area contributed by atoms with Crippen molar-refractivity contribution in [1.29, 1.82) is 0 Å². The molecule has 0 aliphatic carbocycles. The third-order valence-electron chi connectivity index (χ3n) is 24.2. The van der Waals surface area contributed by atoms with Crippen LogP contribution in [0.1, 0.15) is 131 Å². The minimum atomic E-state index is -0.582. The number of fused-ring (bicyclic) bond motifs is 13. The van der Waals surface area contributed by atoms with Crippen LogP contribution in [0.25, 0.3) is 136 Å². The summed E-state index contributed by atoms with van der Waals surface area (Å²) in [5.74, 6) is -1.51. The molecule has 8 heterocycles. The first-order chi connectivity index (χ1) is 62.5. The molecule has 650 valence electrons. The standard InChI is InChI=1S/C44H38ClN5O6.C25H24N4O3.C18H8BrN3O3.C12H5BrO3.CH4/c1-26-35(36-22-27(25-51)11-19-38(36)48(26)43(53)29-12-15-30(45)16-13-29)24-40(52)46-21-6-4-2-3-5-8-28-14-18-33-41-32(28)9-7-10-34(41)44(54)49-39-20-17-31(50(55)56)23-37(39)47-42(33)49;26-14-5-3-1-2-4-7-16-10-12-19-23-18(16)8-6-9-20(23)25(30)28-22-13-11-17(29(31)32)15-21(22)27-24(19)28;19-13-6-5-11-16-10(13)2-1-3-12(16)18(23)21-15-7-4-9(22(24)25)8-14(15)20-17(11)21;13-9-5-4-8-10-6(9)2-1-3-7(10)11(14)16-12(8)15;/h7,9-20,22-23,51H,2-6,8,21,24-25H2,1H3,(H,46,52);6,8-13,15H,1-5,7,14,26H2;1-8H;1-5H;1H4. The lowest BCUT2D eigenvalue weighted by Crippen LogP contribution is -2.26. The van der Waals surface area contributed by atoms with E-state index in [2.05, 4.69) is 75.1 Å². The number of imidazole rings is 3. The molecule has 1 aliphatic rings. The number of non-ortho nitro benzene ring substituents is 3. The Morgan fingerprint density at radius 3 is 1.34 bits per heavy atom. The van der Waals surface area contributed by atoms with E-state index >= 15 is 0 Å². The second-order valence-corrected chi connectivity index (χ2v) is 34.1. The highest BCUT2D eigenvalue weighted by Crippen LogP contribution is 2.40. The van der Waals surface area contributed by atoms with Gasteiger partial charge in [0.25, 0.3) is 39.6 Å². The van der Waals surface area contributed by atoms with Crippen LogP contribution < -0.4 is 27.7 Å². The summed E-state index contributed by atoms with van der Waals surface area (Å²) in [5, 5.41) is 59.3. The number of benzene rings is 13. The molecule has 1 amide bonds. The number of nitro benzene ring substituents is 3. The van der Waals surface area contributed by atoms with Crippen molar-refractivity contribution in [3.05, 3.63) is 338 Å². The first kappa shape index (κ1) is 87.6. The SMILES string of the molecule is C.Cc1c(CC(=O)NCCCCCCCc2ccc3c4c2cccc4c(=O)n2c4ccc([N+](=O)[O-])cc4nc32)c2cc(CO)ccc2n1C(=O)c1ccc(Cl)cc1.NCCCCCCCc1ccc2c3c1cccc3c(=O)n1c3ccc([N+](=O)[O-])cc3nc21.O=C1OC(=O)c2ccc(Br)c3cccc1c23.O=c1c2cccc3c(Br)ccc(c32)c2nc3cc([N+](=O)[O-])ccc3n12. The number of aryl methyl sites for hydroxylation is 2. The number of halogens is 3. The number of aromatic nitrogens is 7. The van der Waals surface area contributed by atoms with Gasteiger partial charge in [-0.05, 0) is 199 Å². The van der Waals surface area contributed by atoms with Crippen molar-refractivity contribution in [3.63, 3.8) is 0 Å². The first-order valence-electron chi connectivity index (χ1n) is 41.9. The average Bonchev–Trinajstić information content (AvgIpc) is 1.56. The molecule has 27 nitrogen and oxygen atoms in total. The topological polar surface area (TPSA) is 373 Å². The van der Waals surface area contributed by atoms with Gasteiger partial charge in [-0.25, -0.2) is 24.5 Å². The van der Waals surface area contributed by atoms with Crippen molar-refractivity contribution in [2.45, 2.75) is 104 Å². The predicted octanol–water partition coefficient (Wildman–Crippen LogP) is 21.2. The van der Waals surface area contributed by atoms with Gasteiger partial charge in [-0.15, -0.1) is 0 Å². The molecular weight excluding hydrogens is 1800 g/mol. The summed E-state index contributed by atoms with van der Waals surface area (Å²) in [5.41, 5.74) is 16.0. The molecule has 0 saturated carbocycles. The number of carbonyl (C=O) groups is 4. The molecule has 20 aromatic rings. The fourth-order valence-electron chi connectivity index (χ4n) is 18.1. The van der Waals surface area contributed by atoms with Crippen LogP contribution in [0.5, 0.6) is 0 Å². The number of aliphatic hydroxyl groups excluding tert-OH is 1. The fourth-order valence-corrected chi connectivity index (χ4v) is 19.1. The maximum Gasteiger partial charge on any atom is 0.346 e. The van der Waals surface area contributed by atoms with Gasteiger partial charge in [0.1, 0.15) is 16.9 Å². The van der Waals surface area contributed by atoms with E-state index in [1.807, 2.05) is 91.9 Å². The zero-order valence-corrected chi connectivity index (χ0v) is 72.9. The highest BCUT2D eigenvalue weighted by molar-refractivity contribution is 9.11. The Morgan fingerprint density at radius 2 is 0.862 bits per heavy atom. The van der Waals surface area contributed by atoms with Crippen molar-refractivity contribution in [3.8, 4) is 0 Å². The Morgan fingerprint density at radius 1 is 0.454 bits per heavy atom. The number of aliphatic hydroxyl groups is 1. The predicted molar refractivity (Wildman–Crippen MR) is 514 cm³/mol. The van der Waals surface area contributed by atoms with E-state index in [9.17, 15) is 69.0 Å². The van der Waals surface area contributed by atoms with Gasteiger partial charge in [0.2, 0.25) is 5.91 Å². The van der Waals surface area contributed by atoms with Gasteiger partial charge in [-0.3, -0.25) is 72.1 Å². The number of nitrogens with two attached hydrogens (primary N) is 1. The number of carbonyl (C=O) groups excluding carboxylic acids is 4. The molecule has 0 saturated heterocycles. The van der Waals surface area contributed by atoms with Gasteiger partial charge < -0.3 is 20.9 Å². The van der Waals surface area contributed by atoms with Crippen LogP contribution in [-0.4, -0.2) is 89.4 Å². The number of cyclic esters (lactones) is 2. The third kappa shape index (κ3) is 15.9. The van der Waals surface area contributed by atoms with Crippen molar-refractivity contribution in [2.75, 3.05) is 13.1 Å². The van der Waals surface area contributed by atoms with E-state index in [1.165, 1.54) is 59.2 Å². The Kier molecular flexibility index (Phi) is 24.5. The van der Waals surface area contributed by atoms with Gasteiger partial charge in [-0.1, -0.05) is 168 Å². The molecule has 1 aliphatic heterocycles. The van der Waals surface area contributed by atoms with Crippen LogP contribution in [0.4, 0.5) is 17.1 Å². The van der Waals surface area contributed by atoms with Crippen LogP contribution in [-0.2, 0) is 35.4 Å². The molecule has 21 rings (SSSR count). The van der Waals surface area contributed by atoms with Crippen molar-refractivity contribution < 1.29 is 43.8 Å². The van der Waals surface area contributed by atoms with Crippen LogP contribution in [0, 0.1) is 37.3 Å². The van der Waals surface area contributed by atoms with E-state index < -0.39 is 26.7 Å². The van der Waals surface area contributed by atoms with Crippen molar-refractivity contribution >= 4 is 221 Å². The zero-order valence-electron chi connectivity index (χ0n) is 68.9. The highest BCUT2D eigenvalue weighted by Gasteiger charge is 2.30. The minimum Gasteiger partial charge on any atom is -0.392 e. The van der Waals surface area contributed by atoms with E-state index in [1.54, 1.807) is 92.2 Å². The monoisotopic (exact) mass is 1880 g/mol. The Hall–Kier alpha value is -14.5. The van der Waals surface area contributed by atoms with Crippen LogP contribution >= 0.6 is 43.5 Å². The second kappa shape index (κ2) is 36.3. The molecule has 130 heavy (non-hydrogen) atoms. The molecule has 0 radical (unpaired) electrons. The lowest BCUT2D eigenvalue weighted by Gasteiger charge is -2.15. The quantitative estimate of drug-likeness (QED) is 0.0186. The molecule has 0 atom stereocenters. The summed E-state index contributed by atoms with van der Waals surface area (Å²) in [4.78, 5) is 136. The maximum atomic E-state index is 13.7. The number of esters is 2. The number of pyridine rings is 3. The zero-order chi connectivity index (χ0) is 89.9. The second-order valence-electron chi connectivity index (χ2n) is 31.9. The number of nitro groups is 3. The van der Waals surface area contributed by atoms with Crippen LogP contribution in [0.2, 0.25) is 5.02 Å². The number of amides is 1. The van der Waals surface area contributed by atoms with Crippen LogP contribution in [0.15, 0.2) is 242 Å². The van der Waals surface area contributed by atoms with E-state index in [4.69, 9.17) is 17.3 Å². The highest BCUT2D eigenvalue weighted by atomic mass is 79.9. The number of ether oxygens (including phenoxy) is 1. The van der Waals surface area contributed by atoms with E-state index in [0.29, 0.717) is 117 Å². The smallest absolute Gasteiger partial charge is 0.346 e. The number of nitrogens with zero attached hydrogens (tertiary/aromatic N) is 10. The summed E-state index contributed by atoms with van der Waals surface area (Å²) in [6, 6.07) is 63.4. The molecule has 0 unspecified atom stereocenters. The van der Waals surface area contributed by atoms with Gasteiger partial charge in [0, 0.05) is 127 Å². The van der Waals surface area contributed by atoms with Gasteiger partial charge in [0.15, 0.2) is 0 Å². The number of hydrogen-bond acceptors (Lipinski definition) is 19. The molecule has 13 aromatic carbocycles. The number of hydrogen-bond donors (Lipinski definition) is 3. The van der Waals surface area contributed by atoms with Crippen molar-refractivity contribution in [2.24, 2.45) is 5.73 Å². The van der Waals surface area contributed by atoms with E-state index in [-0.39, 0.29) is 66.0 Å².